The van der Waals surface area contributed by atoms with E-state index in [2.05, 4.69) is 5.32 Å². The molecule has 23 heavy (non-hydrogen) atoms. The van der Waals surface area contributed by atoms with E-state index in [1.165, 1.54) is 0 Å². The van der Waals surface area contributed by atoms with Gasteiger partial charge in [0.2, 0.25) is 0 Å². The van der Waals surface area contributed by atoms with E-state index in [0.717, 1.165) is 16.8 Å². The Labute approximate surface area is 138 Å². The summed E-state index contributed by atoms with van der Waals surface area (Å²) in [6.45, 7) is 5.55. The van der Waals surface area contributed by atoms with Crippen LogP contribution in [0.4, 0.5) is 4.79 Å². The summed E-state index contributed by atoms with van der Waals surface area (Å²) in [6.07, 6.45) is 2.17. The van der Waals surface area contributed by atoms with Crippen LogP contribution in [-0.4, -0.2) is 11.7 Å². The maximum atomic E-state index is 12.1. The van der Waals surface area contributed by atoms with Gasteiger partial charge in [-0.3, -0.25) is 5.32 Å². The standard InChI is InChI=1S/C20H23NO2/c1-20(2,3)23-19(22)21-18(14-16-10-6-4-7-11-16)15-17-12-8-5-9-13-17/h4-14H,15H2,1-3H3,(H,21,22)/b18-14-. The number of carbonyl (C=O) groups excluding carboxylic acids is 1. The van der Waals surface area contributed by atoms with Crippen LogP contribution in [0.1, 0.15) is 31.9 Å². The van der Waals surface area contributed by atoms with Gasteiger partial charge in [-0.25, -0.2) is 4.79 Å². The number of benzene rings is 2. The number of carbonyl (C=O) groups is 1. The molecular formula is C20H23NO2. The van der Waals surface area contributed by atoms with Crippen LogP contribution in [0.25, 0.3) is 6.08 Å². The van der Waals surface area contributed by atoms with Gasteiger partial charge in [0.15, 0.2) is 0 Å². The Hall–Kier alpha value is -2.55. The summed E-state index contributed by atoms with van der Waals surface area (Å²) in [5.74, 6) is 0. The minimum absolute atomic E-state index is 0.435. The highest BCUT2D eigenvalue weighted by Crippen LogP contribution is 2.13. The van der Waals surface area contributed by atoms with Crippen LogP contribution in [0.3, 0.4) is 0 Å². The predicted molar refractivity (Wildman–Crippen MR) is 93.9 cm³/mol. The molecule has 0 radical (unpaired) electrons. The third-order valence-electron chi connectivity index (χ3n) is 3.04. The molecule has 0 saturated carbocycles. The van der Waals surface area contributed by atoms with Crippen molar-refractivity contribution in [2.24, 2.45) is 0 Å². The molecule has 0 unspecified atom stereocenters. The highest BCUT2D eigenvalue weighted by molar-refractivity contribution is 5.72. The molecule has 0 aromatic heterocycles. The van der Waals surface area contributed by atoms with Gasteiger partial charge in [-0.15, -0.1) is 0 Å². The monoisotopic (exact) mass is 309 g/mol. The highest BCUT2D eigenvalue weighted by Gasteiger charge is 2.17. The zero-order valence-electron chi connectivity index (χ0n) is 13.9. The second-order valence-electron chi connectivity index (χ2n) is 6.37. The third kappa shape index (κ3) is 6.39. The fraction of sp³-hybridized carbons (Fsp3) is 0.250. The van der Waals surface area contributed by atoms with Gasteiger partial charge in [-0.05, 0) is 38.0 Å². The van der Waals surface area contributed by atoms with Gasteiger partial charge < -0.3 is 4.74 Å². The number of nitrogens with one attached hydrogen (secondary N) is 1. The average Bonchev–Trinajstić information content (AvgIpc) is 2.47. The summed E-state index contributed by atoms with van der Waals surface area (Å²) in [5, 5.41) is 2.87. The molecule has 0 aliphatic rings. The van der Waals surface area contributed by atoms with Crippen molar-refractivity contribution in [3.05, 3.63) is 77.5 Å². The summed E-state index contributed by atoms with van der Waals surface area (Å²) in [4.78, 5) is 12.1. The highest BCUT2D eigenvalue weighted by atomic mass is 16.6. The van der Waals surface area contributed by atoms with E-state index in [4.69, 9.17) is 4.74 Å². The molecule has 1 amide bonds. The molecule has 0 aliphatic heterocycles. The second-order valence-corrected chi connectivity index (χ2v) is 6.37. The molecule has 0 atom stereocenters. The predicted octanol–water partition coefficient (Wildman–Crippen LogP) is 4.79. The lowest BCUT2D eigenvalue weighted by Gasteiger charge is -2.20. The van der Waals surface area contributed by atoms with Gasteiger partial charge in [0, 0.05) is 12.1 Å². The Morgan fingerprint density at radius 1 is 1.00 bits per heavy atom. The van der Waals surface area contributed by atoms with E-state index in [1.54, 1.807) is 0 Å². The smallest absolute Gasteiger partial charge is 0.411 e. The number of alkyl carbamates (subject to hydrolysis) is 1. The lowest BCUT2D eigenvalue weighted by molar-refractivity contribution is 0.0545. The normalized spacial score (nSPS) is 11.9. The fourth-order valence-corrected chi connectivity index (χ4v) is 2.13. The first-order valence-corrected chi connectivity index (χ1v) is 7.72. The van der Waals surface area contributed by atoms with Crippen molar-refractivity contribution in [1.82, 2.24) is 5.32 Å². The van der Waals surface area contributed by atoms with Gasteiger partial charge in [0.25, 0.3) is 0 Å². The molecule has 0 spiro atoms. The van der Waals surface area contributed by atoms with Crippen LogP contribution in [0.5, 0.6) is 0 Å². The fourth-order valence-electron chi connectivity index (χ4n) is 2.13. The van der Waals surface area contributed by atoms with E-state index < -0.39 is 11.7 Å². The summed E-state index contributed by atoms with van der Waals surface area (Å²) >= 11 is 0. The number of rotatable bonds is 4. The number of hydrogen-bond acceptors (Lipinski definition) is 2. The quantitative estimate of drug-likeness (QED) is 0.881. The van der Waals surface area contributed by atoms with Gasteiger partial charge in [-0.1, -0.05) is 60.7 Å². The lowest BCUT2D eigenvalue weighted by Crippen LogP contribution is -2.32. The van der Waals surface area contributed by atoms with Gasteiger partial charge in [0.05, 0.1) is 0 Å². The molecule has 120 valence electrons. The van der Waals surface area contributed by atoms with E-state index in [-0.39, 0.29) is 0 Å². The summed E-state index contributed by atoms with van der Waals surface area (Å²) in [6, 6.07) is 19.9. The van der Waals surface area contributed by atoms with E-state index in [0.29, 0.717) is 6.42 Å². The first kappa shape index (κ1) is 16.8. The number of hydrogen-bond donors (Lipinski definition) is 1. The molecule has 3 nitrogen and oxygen atoms in total. The van der Waals surface area contributed by atoms with Crippen LogP contribution < -0.4 is 5.32 Å². The minimum Gasteiger partial charge on any atom is -0.444 e. The molecule has 0 saturated heterocycles. The minimum atomic E-state index is -0.519. The largest absolute Gasteiger partial charge is 0.444 e. The SMILES string of the molecule is CC(C)(C)OC(=O)N/C(=C\c1ccccc1)Cc1ccccc1. The Morgan fingerprint density at radius 3 is 2.13 bits per heavy atom. The van der Waals surface area contributed by atoms with E-state index >= 15 is 0 Å². The summed E-state index contributed by atoms with van der Waals surface area (Å²) in [7, 11) is 0. The number of amides is 1. The van der Waals surface area contributed by atoms with Gasteiger partial charge in [-0.2, -0.15) is 0 Å². The van der Waals surface area contributed by atoms with Crippen LogP contribution in [-0.2, 0) is 11.2 Å². The van der Waals surface area contributed by atoms with Crippen molar-refractivity contribution in [2.45, 2.75) is 32.8 Å². The molecule has 2 aromatic carbocycles. The Balaban J connectivity index is 2.18. The zero-order valence-corrected chi connectivity index (χ0v) is 13.9. The second kappa shape index (κ2) is 7.63. The first-order valence-electron chi connectivity index (χ1n) is 7.72. The molecule has 0 fully saturated rings. The maximum absolute atomic E-state index is 12.1. The van der Waals surface area contributed by atoms with Crippen molar-refractivity contribution in [3.63, 3.8) is 0 Å². The Kier molecular flexibility index (Phi) is 5.58. The van der Waals surface area contributed by atoms with Crippen LogP contribution in [0.15, 0.2) is 66.4 Å². The summed E-state index contributed by atoms with van der Waals surface area (Å²) in [5.41, 5.74) is 2.45. The lowest BCUT2D eigenvalue weighted by atomic mass is 10.1. The number of allylic oxidation sites excluding steroid dienone is 1. The molecule has 3 heteroatoms. The van der Waals surface area contributed by atoms with Gasteiger partial charge >= 0.3 is 6.09 Å². The van der Waals surface area contributed by atoms with Crippen LogP contribution in [0, 0.1) is 0 Å². The number of ether oxygens (including phenoxy) is 1. The van der Waals surface area contributed by atoms with Crippen LogP contribution in [0.2, 0.25) is 0 Å². The average molecular weight is 309 g/mol. The van der Waals surface area contributed by atoms with Gasteiger partial charge in [0.1, 0.15) is 5.60 Å². The van der Waals surface area contributed by atoms with Crippen molar-refractivity contribution in [2.75, 3.05) is 0 Å². The third-order valence-corrected chi connectivity index (χ3v) is 3.04. The molecule has 2 aromatic rings. The first-order chi connectivity index (χ1) is 10.9. The van der Waals surface area contributed by atoms with Crippen molar-refractivity contribution in [1.29, 1.82) is 0 Å². The van der Waals surface area contributed by atoms with Crippen molar-refractivity contribution in [3.8, 4) is 0 Å². The van der Waals surface area contributed by atoms with E-state index in [9.17, 15) is 4.79 Å². The van der Waals surface area contributed by atoms with Crippen LogP contribution >= 0.6 is 0 Å². The van der Waals surface area contributed by atoms with Crippen molar-refractivity contribution < 1.29 is 9.53 Å². The molecule has 0 aliphatic carbocycles. The molecule has 0 bridgehead atoms. The van der Waals surface area contributed by atoms with E-state index in [1.807, 2.05) is 87.5 Å². The molecular weight excluding hydrogens is 286 g/mol. The summed E-state index contributed by atoms with van der Waals surface area (Å²) < 4.78 is 5.35. The maximum Gasteiger partial charge on any atom is 0.411 e. The Bertz CT molecular complexity index is 655. The topological polar surface area (TPSA) is 38.3 Å². The van der Waals surface area contributed by atoms with Crippen molar-refractivity contribution >= 4 is 12.2 Å². The molecule has 2 rings (SSSR count). The zero-order chi connectivity index (χ0) is 16.7. The Morgan fingerprint density at radius 2 is 1.57 bits per heavy atom. The molecule has 0 heterocycles. The molecule has 1 N–H and O–H groups in total.